The van der Waals surface area contributed by atoms with Crippen LogP contribution in [0.4, 0.5) is 13.2 Å². The van der Waals surface area contributed by atoms with Crippen LogP contribution in [-0.2, 0) is 0 Å². The third-order valence-corrected chi connectivity index (χ3v) is 2.54. The maximum absolute atomic E-state index is 13.5. The lowest BCUT2D eigenvalue weighted by molar-refractivity contribution is -0.153. The van der Waals surface area contributed by atoms with E-state index in [2.05, 4.69) is 0 Å². The van der Waals surface area contributed by atoms with Gasteiger partial charge < -0.3 is 0 Å². The second-order valence-electron chi connectivity index (χ2n) is 6.44. The van der Waals surface area contributed by atoms with E-state index in [9.17, 15) is 13.2 Å². The quantitative estimate of drug-likeness (QED) is 0.644. The van der Waals surface area contributed by atoms with E-state index in [1.807, 2.05) is 20.8 Å². The second kappa shape index (κ2) is 4.34. The molecule has 0 rings (SSSR count). The molecule has 0 saturated heterocycles. The van der Waals surface area contributed by atoms with Crippen molar-refractivity contribution in [1.29, 1.82) is 0 Å². The number of hydrogen-bond donors (Lipinski definition) is 0. The van der Waals surface area contributed by atoms with Crippen LogP contribution >= 0.6 is 0 Å². The molecule has 0 nitrogen and oxygen atoms in total. The zero-order valence-corrected chi connectivity index (χ0v) is 10.6. The average Bonchev–Trinajstić information content (AvgIpc) is 1.96. The molecule has 1 unspecified atom stereocenters. The minimum absolute atomic E-state index is 0.0756. The van der Waals surface area contributed by atoms with Gasteiger partial charge in [-0.05, 0) is 18.3 Å². The molecule has 0 aromatic carbocycles. The van der Waals surface area contributed by atoms with Gasteiger partial charge in [-0.25, -0.2) is 13.2 Å². The third-order valence-electron chi connectivity index (χ3n) is 2.54. The van der Waals surface area contributed by atoms with Crippen LogP contribution in [0.1, 0.15) is 54.4 Å². The van der Waals surface area contributed by atoms with E-state index in [4.69, 9.17) is 0 Å². The Morgan fingerprint density at radius 2 is 1.33 bits per heavy atom. The lowest BCUT2D eigenvalue weighted by Crippen LogP contribution is -2.43. The van der Waals surface area contributed by atoms with Crippen LogP contribution in [0.5, 0.6) is 0 Å². The molecule has 3 heteroatoms. The summed E-state index contributed by atoms with van der Waals surface area (Å²) < 4.78 is 40.5. The van der Waals surface area contributed by atoms with Gasteiger partial charge in [-0.15, -0.1) is 0 Å². The highest BCUT2D eigenvalue weighted by atomic mass is 19.3. The molecule has 0 bridgehead atoms. The zero-order valence-electron chi connectivity index (χ0n) is 10.6. The lowest BCUT2D eigenvalue weighted by Gasteiger charge is -2.33. The molecule has 0 radical (unpaired) electrons. The normalized spacial score (nSPS) is 16.6. The monoisotopic (exact) mass is 224 g/mol. The first-order valence-corrected chi connectivity index (χ1v) is 5.40. The fourth-order valence-electron chi connectivity index (χ4n) is 1.21. The Balaban J connectivity index is 4.39. The zero-order chi connectivity index (χ0) is 12.5. The van der Waals surface area contributed by atoms with E-state index in [-0.39, 0.29) is 11.8 Å². The Labute approximate surface area is 91.3 Å². The van der Waals surface area contributed by atoms with Crippen molar-refractivity contribution in [1.82, 2.24) is 0 Å². The van der Waals surface area contributed by atoms with Crippen molar-refractivity contribution in [3.05, 3.63) is 0 Å². The van der Waals surface area contributed by atoms with E-state index in [0.717, 1.165) is 0 Å². The minimum atomic E-state index is -3.25. The van der Waals surface area contributed by atoms with E-state index in [0.29, 0.717) is 6.42 Å². The van der Waals surface area contributed by atoms with Crippen LogP contribution in [0.15, 0.2) is 0 Å². The average molecular weight is 224 g/mol. The molecule has 0 aliphatic rings. The van der Waals surface area contributed by atoms with Gasteiger partial charge in [-0.2, -0.15) is 0 Å². The van der Waals surface area contributed by atoms with Gasteiger partial charge in [0.2, 0.25) is 0 Å². The molecule has 0 spiro atoms. The smallest absolute Gasteiger partial charge is 0.241 e. The molecule has 0 aliphatic heterocycles. The molecule has 0 amide bonds. The number of alkyl halides is 3. The summed E-state index contributed by atoms with van der Waals surface area (Å²) in [7, 11) is 0. The summed E-state index contributed by atoms with van der Waals surface area (Å²) in [5.41, 5.74) is -1.41. The van der Waals surface area contributed by atoms with Crippen molar-refractivity contribution in [3.63, 3.8) is 0 Å². The van der Waals surface area contributed by atoms with Gasteiger partial charge in [0.15, 0.2) is 6.17 Å². The van der Waals surface area contributed by atoms with Gasteiger partial charge in [0, 0.05) is 5.41 Å². The molecule has 0 aliphatic carbocycles. The highest BCUT2D eigenvalue weighted by Gasteiger charge is 2.50. The standard InChI is InChI=1S/C12H23F3/c1-10(2,3)8-7-9(13)12(14,15)11(4,5)6/h9H,7-8H2,1-6H3. The van der Waals surface area contributed by atoms with Crippen LogP contribution in [0.3, 0.4) is 0 Å². The van der Waals surface area contributed by atoms with E-state index >= 15 is 0 Å². The fourth-order valence-corrected chi connectivity index (χ4v) is 1.21. The molecule has 0 saturated carbocycles. The topological polar surface area (TPSA) is 0 Å². The van der Waals surface area contributed by atoms with E-state index in [1.165, 1.54) is 20.8 Å². The highest BCUT2D eigenvalue weighted by Crippen LogP contribution is 2.42. The first kappa shape index (κ1) is 14.8. The summed E-state index contributed by atoms with van der Waals surface area (Å²) in [5.74, 6) is -3.25. The Hall–Kier alpha value is -0.210. The van der Waals surface area contributed by atoms with Gasteiger partial charge >= 0.3 is 0 Å². The molecular formula is C12H23F3. The molecule has 0 N–H and O–H groups in total. The first-order chi connectivity index (χ1) is 6.38. The Morgan fingerprint density at radius 1 is 0.933 bits per heavy atom. The largest absolute Gasteiger partial charge is 0.283 e. The Kier molecular flexibility index (Phi) is 4.28. The van der Waals surface area contributed by atoms with Gasteiger partial charge in [0.1, 0.15) is 0 Å². The van der Waals surface area contributed by atoms with E-state index < -0.39 is 17.5 Å². The molecular weight excluding hydrogens is 201 g/mol. The molecule has 0 heterocycles. The lowest BCUT2D eigenvalue weighted by atomic mass is 9.81. The van der Waals surface area contributed by atoms with Gasteiger partial charge in [0.25, 0.3) is 5.92 Å². The maximum atomic E-state index is 13.5. The van der Waals surface area contributed by atoms with Gasteiger partial charge in [0.05, 0.1) is 0 Å². The van der Waals surface area contributed by atoms with Crippen molar-refractivity contribution in [2.75, 3.05) is 0 Å². The van der Waals surface area contributed by atoms with Crippen LogP contribution < -0.4 is 0 Å². The van der Waals surface area contributed by atoms with Crippen molar-refractivity contribution in [2.45, 2.75) is 66.5 Å². The molecule has 0 aromatic rings. The SMILES string of the molecule is CC(C)(C)CCC(F)C(F)(F)C(C)(C)C. The number of halogens is 3. The summed E-state index contributed by atoms with van der Waals surface area (Å²) >= 11 is 0. The van der Waals surface area contributed by atoms with Crippen molar-refractivity contribution >= 4 is 0 Å². The fraction of sp³-hybridized carbons (Fsp3) is 1.00. The number of hydrogen-bond acceptors (Lipinski definition) is 0. The van der Waals surface area contributed by atoms with Crippen molar-refractivity contribution < 1.29 is 13.2 Å². The van der Waals surface area contributed by atoms with Crippen LogP contribution in [0.25, 0.3) is 0 Å². The number of rotatable bonds is 3. The summed E-state index contributed by atoms with van der Waals surface area (Å²) in [6, 6.07) is 0. The van der Waals surface area contributed by atoms with Gasteiger partial charge in [-0.3, -0.25) is 0 Å². The summed E-state index contributed by atoms with van der Waals surface area (Å²) in [6.45, 7) is 9.89. The Morgan fingerprint density at radius 3 is 1.60 bits per heavy atom. The van der Waals surface area contributed by atoms with Crippen molar-refractivity contribution in [3.8, 4) is 0 Å². The Bertz CT molecular complexity index is 196. The van der Waals surface area contributed by atoms with E-state index in [1.54, 1.807) is 0 Å². The summed E-state index contributed by atoms with van der Waals surface area (Å²) in [5, 5.41) is 0. The predicted octanol–water partition coefficient (Wildman–Crippen LogP) is 4.83. The highest BCUT2D eigenvalue weighted by molar-refractivity contribution is 4.88. The van der Waals surface area contributed by atoms with Crippen molar-refractivity contribution in [2.24, 2.45) is 10.8 Å². The van der Waals surface area contributed by atoms with Crippen LogP contribution in [0.2, 0.25) is 0 Å². The molecule has 1 atom stereocenters. The van der Waals surface area contributed by atoms with Gasteiger partial charge in [-0.1, -0.05) is 41.5 Å². The first-order valence-electron chi connectivity index (χ1n) is 5.40. The second-order valence-corrected chi connectivity index (χ2v) is 6.44. The maximum Gasteiger partial charge on any atom is 0.283 e. The third kappa shape index (κ3) is 4.43. The molecule has 92 valence electrons. The molecule has 0 aromatic heterocycles. The minimum Gasteiger partial charge on any atom is -0.241 e. The van der Waals surface area contributed by atoms with Crippen LogP contribution in [-0.4, -0.2) is 12.1 Å². The van der Waals surface area contributed by atoms with Crippen LogP contribution in [0, 0.1) is 10.8 Å². The summed E-state index contributed by atoms with van der Waals surface area (Å²) in [6.07, 6.45) is -1.65. The molecule has 0 fully saturated rings. The predicted molar refractivity (Wildman–Crippen MR) is 58.0 cm³/mol. The molecule has 15 heavy (non-hydrogen) atoms. The summed E-state index contributed by atoms with van der Waals surface area (Å²) in [4.78, 5) is 0.